The molecule has 15 heavy (non-hydrogen) atoms. The molecule has 0 aliphatic heterocycles. The first-order chi connectivity index (χ1) is 7.19. The fourth-order valence-corrected chi connectivity index (χ4v) is 1.52. The number of aromatic amines is 1. The highest BCUT2D eigenvalue weighted by Crippen LogP contribution is 2.17. The first kappa shape index (κ1) is 9.28. The zero-order chi connectivity index (χ0) is 10.8. The van der Waals surface area contributed by atoms with Gasteiger partial charge in [0.2, 0.25) is 0 Å². The maximum Gasteiger partial charge on any atom is 0.309 e. The molecule has 0 spiro atoms. The van der Waals surface area contributed by atoms with Gasteiger partial charge in [-0.25, -0.2) is 0 Å². The normalized spacial score (nSPS) is 10.1. The minimum absolute atomic E-state index is 0.0312. The Bertz CT molecular complexity index is 563. The summed E-state index contributed by atoms with van der Waals surface area (Å²) < 4.78 is 0. The molecule has 0 aliphatic carbocycles. The molecule has 0 radical (unpaired) electrons. The van der Waals surface area contributed by atoms with Crippen molar-refractivity contribution in [1.82, 2.24) is 4.98 Å². The number of benzene rings is 1. The number of hydrogen-bond donors (Lipinski definition) is 2. The predicted octanol–water partition coefficient (Wildman–Crippen LogP) is 1.67. The molecule has 0 atom stereocenters. The third kappa shape index (κ3) is 1.81. The molecule has 74 valence electrons. The van der Waals surface area contributed by atoms with Crippen LogP contribution in [0, 0.1) is 11.3 Å². The second kappa shape index (κ2) is 3.46. The maximum absolute atomic E-state index is 10.5. The summed E-state index contributed by atoms with van der Waals surface area (Å²) in [4.78, 5) is 13.5. The molecule has 1 aromatic heterocycles. The molecule has 2 aromatic rings. The predicted molar refractivity (Wildman–Crippen MR) is 54.4 cm³/mol. The summed E-state index contributed by atoms with van der Waals surface area (Å²) in [7, 11) is 0. The molecule has 0 aliphatic rings. The van der Waals surface area contributed by atoms with Gasteiger partial charge in [0.25, 0.3) is 0 Å². The molecule has 0 amide bonds. The molecule has 4 nitrogen and oxygen atoms in total. The van der Waals surface area contributed by atoms with E-state index in [-0.39, 0.29) is 6.42 Å². The van der Waals surface area contributed by atoms with E-state index in [1.165, 1.54) is 0 Å². The first-order valence-corrected chi connectivity index (χ1v) is 4.42. The van der Waals surface area contributed by atoms with Gasteiger partial charge in [-0.3, -0.25) is 4.79 Å². The van der Waals surface area contributed by atoms with E-state index in [4.69, 9.17) is 10.4 Å². The van der Waals surface area contributed by atoms with Crippen molar-refractivity contribution in [3.05, 3.63) is 35.5 Å². The van der Waals surface area contributed by atoms with Gasteiger partial charge in [0, 0.05) is 16.6 Å². The maximum atomic E-state index is 10.5. The van der Waals surface area contributed by atoms with Crippen LogP contribution < -0.4 is 0 Å². The van der Waals surface area contributed by atoms with Crippen molar-refractivity contribution in [1.29, 1.82) is 5.26 Å². The largest absolute Gasteiger partial charge is 0.481 e. The number of carbonyl (C=O) groups is 1. The van der Waals surface area contributed by atoms with Gasteiger partial charge in [0.15, 0.2) is 0 Å². The molecule has 2 rings (SSSR count). The topological polar surface area (TPSA) is 76.9 Å². The zero-order valence-electron chi connectivity index (χ0n) is 7.82. The third-order valence-corrected chi connectivity index (χ3v) is 2.15. The standard InChI is InChI=1S/C11H8N2O2/c12-6-7-1-2-10-8(3-7)4-9(13-10)5-11(14)15/h1-4,13H,5H2,(H,14,15). The number of rotatable bonds is 2. The van der Waals surface area contributed by atoms with Gasteiger partial charge in [-0.1, -0.05) is 0 Å². The van der Waals surface area contributed by atoms with Gasteiger partial charge in [0.05, 0.1) is 18.1 Å². The molecule has 0 unspecified atom stereocenters. The molecule has 4 heteroatoms. The fourth-order valence-electron chi connectivity index (χ4n) is 1.52. The summed E-state index contributed by atoms with van der Waals surface area (Å²) >= 11 is 0. The number of fused-ring (bicyclic) bond motifs is 1. The van der Waals surface area contributed by atoms with E-state index in [2.05, 4.69) is 4.98 Å². The van der Waals surface area contributed by atoms with Gasteiger partial charge in [-0.05, 0) is 24.3 Å². The van der Waals surface area contributed by atoms with Gasteiger partial charge >= 0.3 is 5.97 Å². The van der Waals surface area contributed by atoms with Crippen LogP contribution in [0.4, 0.5) is 0 Å². The van der Waals surface area contributed by atoms with Crippen molar-refractivity contribution in [2.24, 2.45) is 0 Å². The molecule has 0 saturated carbocycles. The molecule has 1 heterocycles. The number of nitriles is 1. The number of carboxylic acid groups (broad SMARTS) is 1. The van der Waals surface area contributed by atoms with E-state index in [1.807, 2.05) is 6.07 Å². The van der Waals surface area contributed by atoms with E-state index in [1.54, 1.807) is 24.3 Å². The molecule has 1 aromatic carbocycles. The van der Waals surface area contributed by atoms with Crippen molar-refractivity contribution in [3.63, 3.8) is 0 Å². The van der Waals surface area contributed by atoms with Crippen LogP contribution in [0.25, 0.3) is 10.9 Å². The lowest BCUT2D eigenvalue weighted by atomic mass is 10.2. The minimum atomic E-state index is -0.873. The lowest BCUT2D eigenvalue weighted by Gasteiger charge is -1.89. The van der Waals surface area contributed by atoms with Crippen molar-refractivity contribution in [3.8, 4) is 6.07 Å². The molecule has 0 bridgehead atoms. The van der Waals surface area contributed by atoms with Crippen LogP contribution in [0.5, 0.6) is 0 Å². The Morgan fingerprint density at radius 3 is 2.93 bits per heavy atom. The van der Waals surface area contributed by atoms with Crippen LogP contribution in [0.15, 0.2) is 24.3 Å². The van der Waals surface area contributed by atoms with E-state index >= 15 is 0 Å². The number of nitrogens with one attached hydrogen (secondary N) is 1. The Hall–Kier alpha value is -2.28. The van der Waals surface area contributed by atoms with Crippen LogP contribution >= 0.6 is 0 Å². The Labute approximate surface area is 85.8 Å². The Balaban J connectivity index is 2.47. The lowest BCUT2D eigenvalue weighted by Crippen LogP contribution is -1.99. The Morgan fingerprint density at radius 1 is 1.47 bits per heavy atom. The number of H-pyrrole nitrogens is 1. The zero-order valence-corrected chi connectivity index (χ0v) is 7.82. The number of nitrogens with zero attached hydrogens (tertiary/aromatic N) is 1. The number of carboxylic acids is 1. The SMILES string of the molecule is N#Cc1ccc2[nH]c(CC(=O)O)cc2c1. The summed E-state index contributed by atoms with van der Waals surface area (Å²) in [6, 6.07) is 9.00. The van der Waals surface area contributed by atoms with E-state index in [9.17, 15) is 4.79 Å². The highest BCUT2D eigenvalue weighted by Gasteiger charge is 2.05. The summed E-state index contributed by atoms with van der Waals surface area (Å²) in [5.41, 5.74) is 2.07. The smallest absolute Gasteiger partial charge is 0.309 e. The van der Waals surface area contributed by atoms with Crippen LogP contribution in [0.3, 0.4) is 0 Å². The molecular formula is C11H8N2O2. The monoisotopic (exact) mass is 200 g/mol. The number of aliphatic carboxylic acids is 1. The van der Waals surface area contributed by atoms with Crippen molar-refractivity contribution in [2.45, 2.75) is 6.42 Å². The second-order valence-corrected chi connectivity index (χ2v) is 3.28. The highest BCUT2D eigenvalue weighted by atomic mass is 16.4. The van der Waals surface area contributed by atoms with Gasteiger partial charge in [-0.2, -0.15) is 5.26 Å². The molecular weight excluding hydrogens is 192 g/mol. The fraction of sp³-hybridized carbons (Fsp3) is 0.0909. The third-order valence-electron chi connectivity index (χ3n) is 2.15. The molecule has 2 N–H and O–H groups in total. The average Bonchev–Trinajstić information content (AvgIpc) is 2.57. The van der Waals surface area contributed by atoms with E-state index in [0.29, 0.717) is 11.3 Å². The average molecular weight is 200 g/mol. The Morgan fingerprint density at radius 2 is 2.27 bits per heavy atom. The number of aromatic nitrogens is 1. The summed E-state index contributed by atoms with van der Waals surface area (Å²) in [6.45, 7) is 0. The Kier molecular flexibility index (Phi) is 2.14. The van der Waals surface area contributed by atoms with Gasteiger partial charge in [-0.15, -0.1) is 0 Å². The van der Waals surface area contributed by atoms with E-state index in [0.717, 1.165) is 10.9 Å². The van der Waals surface area contributed by atoms with Crippen molar-refractivity contribution < 1.29 is 9.90 Å². The van der Waals surface area contributed by atoms with Crippen LogP contribution in [-0.4, -0.2) is 16.1 Å². The number of hydrogen-bond acceptors (Lipinski definition) is 2. The lowest BCUT2D eigenvalue weighted by molar-refractivity contribution is -0.136. The van der Waals surface area contributed by atoms with Gasteiger partial charge in [0.1, 0.15) is 0 Å². The second-order valence-electron chi connectivity index (χ2n) is 3.28. The quantitative estimate of drug-likeness (QED) is 0.774. The van der Waals surface area contributed by atoms with E-state index < -0.39 is 5.97 Å². The minimum Gasteiger partial charge on any atom is -0.481 e. The van der Waals surface area contributed by atoms with Crippen molar-refractivity contribution in [2.75, 3.05) is 0 Å². The molecule has 0 fully saturated rings. The van der Waals surface area contributed by atoms with Crippen LogP contribution in [0.2, 0.25) is 0 Å². The van der Waals surface area contributed by atoms with Gasteiger partial charge < -0.3 is 10.1 Å². The highest BCUT2D eigenvalue weighted by molar-refractivity contribution is 5.83. The van der Waals surface area contributed by atoms with Crippen molar-refractivity contribution >= 4 is 16.9 Å². The molecule has 0 saturated heterocycles. The summed E-state index contributed by atoms with van der Waals surface area (Å²) in [6.07, 6.45) is -0.0312. The summed E-state index contributed by atoms with van der Waals surface area (Å²) in [5.74, 6) is -0.873. The van der Waals surface area contributed by atoms with Crippen LogP contribution in [0.1, 0.15) is 11.3 Å². The first-order valence-electron chi connectivity index (χ1n) is 4.42. The van der Waals surface area contributed by atoms with Crippen LogP contribution in [-0.2, 0) is 11.2 Å². The summed E-state index contributed by atoms with van der Waals surface area (Å²) in [5, 5.41) is 18.2.